The van der Waals surface area contributed by atoms with Gasteiger partial charge in [-0.05, 0) is 49.6 Å². The van der Waals surface area contributed by atoms with E-state index in [9.17, 15) is 13.2 Å². The van der Waals surface area contributed by atoms with Gasteiger partial charge in [-0.2, -0.15) is 0 Å². The summed E-state index contributed by atoms with van der Waals surface area (Å²) in [6.45, 7) is 0.825. The number of nitrogens with one attached hydrogen (secondary N) is 1. The molecule has 1 fully saturated rings. The Kier molecular flexibility index (Phi) is 7.28. The average Bonchev–Trinajstić information content (AvgIpc) is 3.19. The van der Waals surface area contributed by atoms with Gasteiger partial charge in [0.25, 0.3) is 5.91 Å². The number of sulfonamides is 1. The fraction of sp³-hybridized carbons (Fsp3) is 0.364. The first-order chi connectivity index (χ1) is 15.8. The van der Waals surface area contributed by atoms with Crippen LogP contribution < -0.4 is 9.62 Å². The van der Waals surface area contributed by atoms with Crippen molar-refractivity contribution in [2.75, 3.05) is 30.3 Å². The van der Waals surface area contributed by atoms with E-state index in [2.05, 4.69) is 26.2 Å². The molecule has 2 aromatic heterocycles. The minimum absolute atomic E-state index is 0.0995. The van der Waals surface area contributed by atoms with E-state index in [1.165, 1.54) is 10.4 Å². The van der Waals surface area contributed by atoms with Crippen molar-refractivity contribution in [3.63, 3.8) is 0 Å². The first-order valence-electron chi connectivity index (χ1n) is 10.5. The monoisotopic (exact) mass is 554 g/mol. The van der Waals surface area contributed by atoms with Crippen LogP contribution in [0.2, 0.25) is 5.02 Å². The first-order valence-corrected chi connectivity index (χ1v) is 13.3. The van der Waals surface area contributed by atoms with Crippen LogP contribution in [0.15, 0.2) is 47.2 Å². The van der Waals surface area contributed by atoms with Gasteiger partial charge in [-0.3, -0.25) is 9.10 Å². The highest BCUT2D eigenvalue weighted by Gasteiger charge is 2.28. The molecule has 1 amide bonds. The van der Waals surface area contributed by atoms with E-state index in [0.717, 1.165) is 16.5 Å². The Hall–Kier alpha value is -2.14. The van der Waals surface area contributed by atoms with Gasteiger partial charge < -0.3 is 14.5 Å². The number of benzene rings is 1. The van der Waals surface area contributed by atoms with Gasteiger partial charge in [-0.25, -0.2) is 13.4 Å². The van der Waals surface area contributed by atoms with Crippen LogP contribution in [-0.2, 0) is 14.8 Å². The zero-order valence-electron chi connectivity index (χ0n) is 18.0. The molecule has 33 heavy (non-hydrogen) atoms. The molecule has 176 valence electrons. The second-order valence-corrected chi connectivity index (χ2v) is 11.2. The highest BCUT2D eigenvalue weighted by atomic mass is 79.9. The maximum atomic E-state index is 13.0. The molecule has 11 heteroatoms. The largest absolute Gasteiger partial charge is 0.385 e. The maximum Gasteiger partial charge on any atom is 0.251 e. The minimum atomic E-state index is -3.39. The average molecular weight is 556 g/mol. The number of nitrogens with zero attached hydrogens (tertiary/aromatic N) is 3. The number of amides is 1. The fourth-order valence-electron chi connectivity index (χ4n) is 3.83. The third-order valence-electron chi connectivity index (χ3n) is 5.54. The van der Waals surface area contributed by atoms with Crippen molar-refractivity contribution in [1.29, 1.82) is 0 Å². The van der Waals surface area contributed by atoms with E-state index in [4.69, 9.17) is 16.3 Å². The highest BCUT2D eigenvalue weighted by Crippen LogP contribution is 2.31. The summed E-state index contributed by atoms with van der Waals surface area (Å²) >= 11 is 9.86. The summed E-state index contributed by atoms with van der Waals surface area (Å²) in [5.41, 5.74) is 2.20. The molecule has 0 spiro atoms. The topological polar surface area (TPSA) is 93.0 Å². The van der Waals surface area contributed by atoms with Crippen molar-refractivity contribution in [1.82, 2.24) is 14.7 Å². The van der Waals surface area contributed by atoms with E-state index in [1.54, 1.807) is 19.2 Å². The van der Waals surface area contributed by atoms with Crippen LogP contribution in [0.25, 0.3) is 5.65 Å². The molecule has 3 heterocycles. The molecular formula is C22H24BrClN4O4S. The number of hydrogen-bond donors (Lipinski definition) is 1. The van der Waals surface area contributed by atoms with E-state index in [-0.39, 0.29) is 22.7 Å². The third-order valence-corrected chi connectivity index (χ3v) is 8.19. The Morgan fingerprint density at radius 3 is 2.85 bits per heavy atom. The maximum absolute atomic E-state index is 13.0. The molecular weight excluding hydrogens is 532 g/mol. The molecule has 0 saturated carbocycles. The summed E-state index contributed by atoms with van der Waals surface area (Å²) in [5, 5.41) is 3.23. The molecule has 0 radical (unpaired) electrons. The number of methoxy groups -OCH3 is 1. The summed E-state index contributed by atoms with van der Waals surface area (Å²) in [4.78, 5) is 17.7. The number of halogens is 2. The zero-order valence-corrected chi connectivity index (χ0v) is 21.2. The normalized spacial score (nSPS) is 16.6. The van der Waals surface area contributed by atoms with Crippen LogP contribution in [0.1, 0.15) is 41.4 Å². The fourth-order valence-corrected chi connectivity index (χ4v) is 6.14. The molecule has 1 aromatic carbocycles. The van der Waals surface area contributed by atoms with Gasteiger partial charge in [-0.1, -0.05) is 27.5 Å². The van der Waals surface area contributed by atoms with Gasteiger partial charge >= 0.3 is 0 Å². The zero-order chi connectivity index (χ0) is 23.6. The molecule has 1 atom stereocenters. The molecule has 1 aliphatic rings. The molecule has 8 nitrogen and oxygen atoms in total. The Labute approximate surface area is 206 Å². The Morgan fingerprint density at radius 1 is 1.30 bits per heavy atom. The summed E-state index contributed by atoms with van der Waals surface area (Å²) in [7, 11) is -1.79. The lowest BCUT2D eigenvalue weighted by Gasteiger charge is -2.29. The SMILES string of the molecule is COCCC(NC(=O)c1ccc(N2CCCCS2(=O)=O)c(Cl)c1)c1cn2ccc(Br)cc2n1. The van der Waals surface area contributed by atoms with Crippen LogP contribution in [0, 0.1) is 0 Å². The summed E-state index contributed by atoms with van der Waals surface area (Å²) in [6, 6.07) is 8.11. The van der Waals surface area contributed by atoms with Crippen LogP contribution in [0.5, 0.6) is 0 Å². The van der Waals surface area contributed by atoms with Gasteiger partial charge in [0.15, 0.2) is 0 Å². The molecule has 1 aliphatic heterocycles. The van der Waals surface area contributed by atoms with Gasteiger partial charge in [0.1, 0.15) is 5.65 Å². The number of pyridine rings is 1. The van der Waals surface area contributed by atoms with Crippen LogP contribution in [0.4, 0.5) is 5.69 Å². The summed E-state index contributed by atoms with van der Waals surface area (Å²) in [6.07, 6.45) is 5.71. The smallest absolute Gasteiger partial charge is 0.251 e. The van der Waals surface area contributed by atoms with Crippen molar-refractivity contribution in [2.24, 2.45) is 0 Å². The molecule has 4 rings (SSSR count). The number of carbonyl (C=O) groups excluding carboxylic acids is 1. The van der Waals surface area contributed by atoms with Gasteiger partial charge in [0.05, 0.1) is 28.2 Å². The van der Waals surface area contributed by atoms with Crippen molar-refractivity contribution in [2.45, 2.75) is 25.3 Å². The Balaban J connectivity index is 1.56. The van der Waals surface area contributed by atoms with Crippen LogP contribution in [0.3, 0.4) is 0 Å². The number of anilines is 1. The summed E-state index contributed by atoms with van der Waals surface area (Å²) < 4.78 is 34.2. The number of hydrogen-bond acceptors (Lipinski definition) is 5. The second kappa shape index (κ2) is 10.0. The standard InChI is InChI=1S/C22H24BrClN4O4S/c1-32-10-7-18(19-14-27-9-6-16(23)13-21(27)25-19)26-22(29)15-4-5-20(17(24)12-15)28-8-2-3-11-33(28,30)31/h4-6,9,12-14,18H,2-3,7-8,10-11H2,1H3,(H,26,29). The summed E-state index contributed by atoms with van der Waals surface area (Å²) in [5.74, 6) is -0.230. The van der Waals surface area contributed by atoms with Gasteiger partial charge in [-0.15, -0.1) is 0 Å². The van der Waals surface area contributed by atoms with Crippen molar-refractivity contribution in [3.05, 3.63) is 63.5 Å². The van der Waals surface area contributed by atoms with Crippen LogP contribution >= 0.6 is 27.5 Å². The van der Waals surface area contributed by atoms with Crippen molar-refractivity contribution in [3.8, 4) is 0 Å². The number of rotatable bonds is 7. The number of imidazole rings is 1. The molecule has 0 aliphatic carbocycles. The van der Waals surface area contributed by atoms with E-state index >= 15 is 0 Å². The minimum Gasteiger partial charge on any atom is -0.385 e. The predicted octanol–water partition coefficient (Wildman–Crippen LogP) is 4.19. The molecule has 1 N–H and O–H groups in total. The number of ether oxygens (including phenoxy) is 1. The second-order valence-electron chi connectivity index (χ2n) is 7.85. The van der Waals surface area contributed by atoms with Gasteiger partial charge in [0, 0.05) is 42.7 Å². The molecule has 1 saturated heterocycles. The van der Waals surface area contributed by atoms with E-state index in [0.29, 0.717) is 42.9 Å². The lowest BCUT2D eigenvalue weighted by Crippen LogP contribution is -2.38. The van der Waals surface area contributed by atoms with Crippen molar-refractivity contribution >= 4 is 54.8 Å². The number of carbonyl (C=O) groups is 1. The lowest BCUT2D eigenvalue weighted by molar-refractivity contribution is 0.0923. The Morgan fingerprint density at radius 2 is 2.12 bits per heavy atom. The quantitative estimate of drug-likeness (QED) is 0.472. The highest BCUT2D eigenvalue weighted by molar-refractivity contribution is 9.10. The molecule has 0 bridgehead atoms. The molecule has 3 aromatic rings. The first kappa shape index (κ1) is 24.0. The van der Waals surface area contributed by atoms with Gasteiger partial charge in [0.2, 0.25) is 10.0 Å². The predicted molar refractivity (Wildman–Crippen MR) is 131 cm³/mol. The lowest BCUT2D eigenvalue weighted by atomic mass is 10.1. The number of fused-ring (bicyclic) bond motifs is 1. The third kappa shape index (κ3) is 5.34. The van der Waals surface area contributed by atoms with Crippen LogP contribution in [-0.4, -0.2) is 49.7 Å². The van der Waals surface area contributed by atoms with E-state index < -0.39 is 10.0 Å². The van der Waals surface area contributed by atoms with E-state index in [1.807, 2.05) is 28.9 Å². The number of aromatic nitrogens is 2. The Bertz CT molecular complexity index is 1280. The molecule has 1 unspecified atom stereocenters. The van der Waals surface area contributed by atoms with Crippen molar-refractivity contribution < 1.29 is 17.9 Å².